The molecule has 0 aromatic heterocycles. The Morgan fingerprint density at radius 3 is 2.18 bits per heavy atom. The molecule has 44 heavy (non-hydrogen) atoms. The summed E-state index contributed by atoms with van der Waals surface area (Å²) in [5, 5.41) is 2.58. The first-order chi connectivity index (χ1) is 21.2. The van der Waals surface area contributed by atoms with Gasteiger partial charge in [-0.05, 0) is 116 Å². The van der Waals surface area contributed by atoms with E-state index < -0.39 is 17.8 Å². The number of barbiturate groups is 1. The van der Waals surface area contributed by atoms with Crippen LogP contribution >= 0.6 is 11.6 Å². The molecule has 5 fully saturated rings. The van der Waals surface area contributed by atoms with E-state index in [-0.39, 0.29) is 22.6 Å². The fourth-order valence-corrected chi connectivity index (χ4v) is 8.56. The number of hydrogen-bond donors (Lipinski definition) is 1. The van der Waals surface area contributed by atoms with Gasteiger partial charge in [0.25, 0.3) is 11.8 Å². The number of aryl methyl sites for hydroxylation is 1. The molecule has 8 rings (SSSR count). The van der Waals surface area contributed by atoms with E-state index in [2.05, 4.69) is 17.4 Å². The average Bonchev–Trinajstić information content (AvgIpc) is 2.99. The highest BCUT2D eigenvalue weighted by atomic mass is 35.5. The van der Waals surface area contributed by atoms with E-state index in [1.165, 1.54) is 57.3 Å². The van der Waals surface area contributed by atoms with Crippen molar-refractivity contribution in [2.24, 2.45) is 17.8 Å². The molecule has 0 spiro atoms. The number of halogens is 1. The van der Waals surface area contributed by atoms with Gasteiger partial charge in [-0.2, -0.15) is 0 Å². The maximum atomic E-state index is 13.6. The van der Waals surface area contributed by atoms with Gasteiger partial charge in [-0.15, -0.1) is 0 Å². The van der Waals surface area contributed by atoms with Crippen LogP contribution in [0.1, 0.15) is 60.8 Å². The van der Waals surface area contributed by atoms with Gasteiger partial charge < -0.3 is 9.47 Å². The standard InChI is InChI=1S/C36H35ClN2O5/c1-21-3-5-22(6-4-21)20-44-32-30(37)15-23(16-31(32)43-2)14-29-33(40)38-35(42)39(34(29)41)28-9-7-27(8-10-28)36-17-24-11-25(18-36)13-26(12-24)19-36/h3-10,14-16,24-26H,11-13,17-20H2,1-2H3,(H,38,40,42)/b29-14+. The Morgan fingerprint density at radius 2 is 1.57 bits per heavy atom. The number of imide groups is 2. The first-order valence-corrected chi connectivity index (χ1v) is 15.7. The highest BCUT2D eigenvalue weighted by Crippen LogP contribution is 2.60. The highest BCUT2D eigenvalue weighted by molar-refractivity contribution is 6.39. The molecule has 226 valence electrons. The van der Waals surface area contributed by atoms with Crippen molar-refractivity contribution in [2.75, 3.05) is 12.0 Å². The molecule has 3 aromatic rings. The SMILES string of the molecule is COc1cc(/C=C2\C(=O)NC(=O)N(c3ccc(C45CC6CC(CC(C6)C4)C5)cc3)C2=O)cc(Cl)c1OCc1ccc(C)cc1. The zero-order valence-electron chi connectivity index (χ0n) is 24.9. The predicted octanol–water partition coefficient (Wildman–Crippen LogP) is 7.37. The van der Waals surface area contributed by atoms with Crippen LogP contribution in [-0.2, 0) is 21.6 Å². The number of anilines is 1. The molecular formula is C36H35ClN2O5. The van der Waals surface area contributed by atoms with Gasteiger partial charge in [-0.1, -0.05) is 53.6 Å². The van der Waals surface area contributed by atoms with Crippen molar-refractivity contribution in [1.29, 1.82) is 0 Å². The molecule has 8 heteroatoms. The van der Waals surface area contributed by atoms with Crippen molar-refractivity contribution in [2.45, 2.75) is 57.5 Å². The van der Waals surface area contributed by atoms with E-state index in [1.807, 2.05) is 43.3 Å². The Hall–Kier alpha value is -4.10. The third-order valence-corrected chi connectivity index (χ3v) is 10.2. The molecule has 1 N–H and O–H groups in total. The fourth-order valence-electron chi connectivity index (χ4n) is 8.29. The maximum absolute atomic E-state index is 13.6. The molecule has 3 aromatic carbocycles. The van der Waals surface area contributed by atoms with Crippen molar-refractivity contribution in [1.82, 2.24) is 5.32 Å². The largest absolute Gasteiger partial charge is 0.493 e. The lowest BCUT2D eigenvalue weighted by atomic mass is 9.48. The molecule has 0 unspecified atom stereocenters. The Morgan fingerprint density at radius 1 is 0.932 bits per heavy atom. The van der Waals surface area contributed by atoms with Crippen LogP contribution in [-0.4, -0.2) is 25.0 Å². The van der Waals surface area contributed by atoms with Crippen molar-refractivity contribution < 1.29 is 23.9 Å². The minimum absolute atomic E-state index is 0.179. The summed E-state index contributed by atoms with van der Waals surface area (Å²) in [4.78, 5) is 40.4. The van der Waals surface area contributed by atoms with Crippen LogP contribution in [0.15, 0.2) is 66.2 Å². The molecule has 0 atom stereocenters. The number of carbonyl (C=O) groups is 3. The Labute approximate surface area is 262 Å². The van der Waals surface area contributed by atoms with Gasteiger partial charge in [0, 0.05) is 0 Å². The highest BCUT2D eigenvalue weighted by Gasteiger charge is 2.51. The van der Waals surface area contributed by atoms with Crippen LogP contribution in [0, 0.1) is 24.7 Å². The van der Waals surface area contributed by atoms with E-state index in [4.69, 9.17) is 21.1 Å². The number of ether oxygens (including phenoxy) is 2. The molecule has 1 aliphatic heterocycles. The zero-order valence-corrected chi connectivity index (χ0v) is 25.7. The van der Waals surface area contributed by atoms with E-state index in [0.717, 1.165) is 33.8 Å². The molecule has 4 aliphatic carbocycles. The summed E-state index contributed by atoms with van der Waals surface area (Å²) < 4.78 is 11.5. The molecular weight excluding hydrogens is 576 g/mol. The van der Waals surface area contributed by atoms with E-state index in [0.29, 0.717) is 22.7 Å². The van der Waals surface area contributed by atoms with Crippen molar-refractivity contribution in [3.8, 4) is 11.5 Å². The second-order valence-electron chi connectivity index (χ2n) is 13.0. The molecule has 4 amide bonds. The first-order valence-electron chi connectivity index (χ1n) is 15.3. The Bertz CT molecular complexity index is 1640. The normalized spacial score (nSPS) is 26.7. The van der Waals surface area contributed by atoms with Crippen molar-refractivity contribution in [3.63, 3.8) is 0 Å². The lowest BCUT2D eigenvalue weighted by Gasteiger charge is -2.57. The quantitative estimate of drug-likeness (QED) is 0.223. The number of hydrogen-bond acceptors (Lipinski definition) is 5. The van der Waals surface area contributed by atoms with Crippen LogP contribution in [0.4, 0.5) is 10.5 Å². The summed E-state index contributed by atoms with van der Waals surface area (Å²) >= 11 is 6.59. The Balaban J connectivity index is 1.13. The second kappa shape index (κ2) is 11.1. The third kappa shape index (κ3) is 5.17. The minimum Gasteiger partial charge on any atom is -0.493 e. The fraction of sp³-hybridized carbons (Fsp3) is 0.361. The molecule has 4 saturated carbocycles. The number of benzene rings is 3. The number of amides is 4. The number of methoxy groups -OCH3 is 1. The van der Waals surface area contributed by atoms with Gasteiger partial charge in [0.1, 0.15) is 12.2 Å². The van der Waals surface area contributed by atoms with Crippen LogP contribution in [0.5, 0.6) is 11.5 Å². The number of nitrogens with zero attached hydrogens (tertiary/aromatic N) is 1. The van der Waals surface area contributed by atoms with Crippen LogP contribution < -0.4 is 19.7 Å². The van der Waals surface area contributed by atoms with Gasteiger partial charge in [0.15, 0.2) is 11.5 Å². The average molecular weight is 611 g/mol. The zero-order chi connectivity index (χ0) is 30.6. The lowest BCUT2D eigenvalue weighted by molar-refractivity contribution is -0.122. The molecule has 1 saturated heterocycles. The summed E-state index contributed by atoms with van der Waals surface area (Å²) in [5.41, 5.74) is 4.33. The van der Waals surface area contributed by atoms with Gasteiger partial charge in [-0.25, -0.2) is 9.69 Å². The molecule has 0 radical (unpaired) electrons. The van der Waals surface area contributed by atoms with Crippen LogP contribution in [0.25, 0.3) is 6.08 Å². The molecule has 7 nitrogen and oxygen atoms in total. The summed E-state index contributed by atoms with van der Waals surface area (Å²) in [6.45, 7) is 2.31. The van der Waals surface area contributed by atoms with E-state index >= 15 is 0 Å². The Kier molecular flexibility index (Phi) is 7.24. The number of nitrogens with one attached hydrogen (secondary N) is 1. The molecule has 5 aliphatic rings. The molecule has 4 bridgehead atoms. The van der Waals surface area contributed by atoms with Crippen molar-refractivity contribution in [3.05, 3.63) is 93.5 Å². The van der Waals surface area contributed by atoms with Crippen LogP contribution in [0.3, 0.4) is 0 Å². The monoisotopic (exact) mass is 610 g/mol. The van der Waals surface area contributed by atoms with Gasteiger partial charge in [0.05, 0.1) is 17.8 Å². The van der Waals surface area contributed by atoms with Gasteiger partial charge in [-0.3, -0.25) is 14.9 Å². The van der Waals surface area contributed by atoms with Gasteiger partial charge >= 0.3 is 6.03 Å². The molecule has 1 heterocycles. The summed E-state index contributed by atoms with van der Waals surface area (Å²) in [5.74, 6) is 1.69. The second-order valence-corrected chi connectivity index (χ2v) is 13.4. The number of rotatable bonds is 7. The van der Waals surface area contributed by atoms with Crippen molar-refractivity contribution >= 4 is 41.2 Å². The smallest absolute Gasteiger partial charge is 0.335 e. The number of carbonyl (C=O) groups excluding carboxylic acids is 3. The number of urea groups is 1. The topological polar surface area (TPSA) is 84.9 Å². The van der Waals surface area contributed by atoms with E-state index in [9.17, 15) is 14.4 Å². The summed E-state index contributed by atoms with van der Waals surface area (Å²) in [7, 11) is 1.49. The predicted molar refractivity (Wildman–Crippen MR) is 169 cm³/mol. The van der Waals surface area contributed by atoms with Crippen LogP contribution in [0.2, 0.25) is 5.02 Å². The third-order valence-electron chi connectivity index (χ3n) is 9.94. The lowest BCUT2D eigenvalue weighted by Crippen LogP contribution is -2.54. The van der Waals surface area contributed by atoms with E-state index in [1.54, 1.807) is 12.1 Å². The minimum atomic E-state index is -0.768. The summed E-state index contributed by atoms with van der Waals surface area (Å²) in [6.07, 6.45) is 9.19. The first kappa shape index (κ1) is 28.7. The van der Waals surface area contributed by atoms with Gasteiger partial charge in [0.2, 0.25) is 0 Å². The summed E-state index contributed by atoms with van der Waals surface area (Å²) in [6, 6.07) is 18.2. The maximum Gasteiger partial charge on any atom is 0.335 e.